The molecule has 1 aromatic carbocycles. The molecule has 1 heterocycles. The number of rotatable bonds is 6. The van der Waals surface area contributed by atoms with Gasteiger partial charge in [-0.05, 0) is 50.1 Å². The topological polar surface area (TPSA) is 37.8 Å². The molecule has 3 nitrogen and oxygen atoms in total. The van der Waals surface area contributed by atoms with Crippen LogP contribution in [-0.4, -0.2) is 16.5 Å². The molecule has 21 heavy (non-hydrogen) atoms. The Bertz CT molecular complexity index is 604. The summed E-state index contributed by atoms with van der Waals surface area (Å²) in [5.74, 6) is 0.790. The Morgan fingerprint density at radius 3 is 2.81 bits per heavy atom. The van der Waals surface area contributed by atoms with E-state index in [1.54, 1.807) is 0 Å². The van der Waals surface area contributed by atoms with E-state index in [1.165, 1.54) is 0 Å². The molecule has 0 saturated carbocycles. The molecule has 0 amide bonds. The molecule has 0 aliphatic carbocycles. The third-order valence-electron chi connectivity index (χ3n) is 3.23. The summed E-state index contributed by atoms with van der Waals surface area (Å²) in [6, 6.07) is 8.11. The molecule has 0 spiro atoms. The second-order valence-electron chi connectivity index (χ2n) is 4.98. The number of hydrogen-bond acceptors (Lipinski definition) is 3. The lowest BCUT2D eigenvalue weighted by atomic mass is 10.0. The molecule has 0 bridgehead atoms. The molecule has 1 N–H and O–H groups in total. The molecule has 0 aliphatic heterocycles. The molecule has 112 valence electrons. The highest BCUT2D eigenvalue weighted by Crippen LogP contribution is 2.25. The van der Waals surface area contributed by atoms with Gasteiger partial charge in [0.05, 0.1) is 11.7 Å². The first kappa shape index (κ1) is 16.4. The summed E-state index contributed by atoms with van der Waals surface area (Å²) in [4.78, 5) is 8.71. The van der Waals surface area contributed by atoms with Crippen LogP contribution in [0.25, 0.3) is 0 Å². The van der Waals surface area contributed by atoms with E-state index >= 15 is 0 Å². The van der Waals surface area contributed by atoms with Crippen LogP contribution in [0, 0.1) is 6.92 Å². The second kappa shape index (κ2) is 7.87. The van der Waals surface area contributed by atoms with E-state index in [9.17, 15) is 0 Å². The minimum absolute atomic E-state index is 0.144. The van der Waals surface area contributed by atoms with Crippen LogP contribution in [0.4, 0.5) is 0 Å². The van der Waals surface area contributed by atoms with E-state index in [4.69, 9.17) is 11.6 Å². The zero-order valence-electron chi connectivity index (χ0n) is 12.2. The molecule has 2 aromatic rings. The van der Waals surface area contributed by atoms with Crippen LogP contribution in [0.3, 0.4) is 0 Å². The normalized spacial score (nSPS) is 12.4. The lowest BCUT2D eigenvalue weighted by Gasteiger charge is -2.19. The van der Waals surface area contributed by atoms with E-state index in [0.29, 0.717) is 0 Å². The van der Waals surface area contributed by atoms with Crippen LogP contribution in [0.1, 0.15) is 36.5 Å². The maximum atomic E-state index is 6.34. The molecule has 0 fully saturated rings. The molecule has 1 aromatic heterocycles. The summed E-state index contributed by atoms with van der Waals surface area (Å²) in [5.41, 5.74) is 2.12. The quantitative estimate of drug-likeness (QED) is 0.816. The maximum Gasteiger partial charge on any atom is 0.125 e. The van der Waals surface area contributed by atoms with Crippen molar-refractivity contribution in [1.82, 2.24) is 15.3 Å². The largest absolute Gasteiger partial charge is 0.308 e. The van der Waals surface area contributed by atoms with E-state index in [-0.39, 0.29) is 6.04 Å². The number of aryl methyl sites for hydroxylation is 1. The van der Waals surface area contributed by atoms with Crippen LogP contribution in [0.5, 0.6) is 0 Å². The Hall–Kier alpha value is -0.970. The van der Waals surface area contributed by atoms with E-state index in [2.05, 4.69) is 44.2 Å². The second-order valence-corrected chi connectivity index (χ2v) is 6.30. The Morgan fingerprint density at radius 1 is 1.33 bits per heavy atom. The van der Waals surface area contributed by atoms with Crippen LogP contribution in [0.2, 0.25) is 5.02 Å². The van der Waals surface area contributed by atoms with Gasteiger partial charge in [-0.3, -0.25) is 0 Å². The van der Waals surface area contributed by atoms with Gasteiger partial charge in [-0.25, -0.2) is 9.97 Å². The van der Waals surface area contributed by atoms with Gasteiger partial charge < -0.3 is 5.32 Å². The van der Waals surface area contributed by atoms with Gasteiger partial charge in [-0.15, -0.1) is 0 Å². The molecule has 0 radical (unpaired) electrons. The van der Waals surface area contributed by atoms with E-state index in [1.807, 2.05) is 31.3 Å². The van der Waals surface area contributed by atoms with Gasteiger partial charge in [0.15, 0.2) is 0 Å². The predicted octanol–water partition coefficient (Wildman–Crippen LogP) is 4.48. The third kappa shape index (κ3) is 4.77. The fourth-order valence-electron chi connectivity index (χ4n) is 2.18. The van der Waals surface area contributed by atoms with Crippen molar-refractivity contribution in [2.24, 2.45) is 0 Å². The molecule has 1 unspecified atom stereocenters. The van der Waals surface area contributed by atoms with Crippen molar-refractivity contribution in [3.63, 3.8) is 0 Å². The number of hydrogen-bond donors (Lipinski definition) is 1. The average Bonchev–Trinajstić information content (AvgIpc) is 2.45. The third-order valence-corrected chi connectivity index (χ3v) is 4.08. The van der Waals surface area contributed by atoms with E-state index in [0.717, 1.165) is 46.0 Å². The predicted molar refractivity (Wildman–Crippen MR) is 90.7 cm³/mol. The fourth-order valence-corrected chi connectivity index (χ4v) is 2.93. The maximum absolute atomic E-state index is 6.34. The molecule has 0 saturated heterocycles. The zero-order valence-corrected chi connectivity index (χ0v) is 14.6. The Kier molecular flexibility index (Phi) is 6.15. The minimum atomic E-state index is 0.144. The zero-order chi connectivity index (χ0) is 15.2. The summed E-state index contributed by atoms with van der Waals surface area (Å²) in [5, 5.41) is 4.32. The first-order chi connectivity index (χ1) is 10.1. The standard InChI is InChI=1S/C16H19BrClN3/c1-3-7-20-16(15-6-8-19-11(2)21-15)9-12-4-5-13(17)10-14(12)18/h4-6,8,10,16,20H,3,7,9H2,1-2H3. The van der Waals surface area contributed by atoms with Crippen molar-refractivity contribution in [2.75, 3.05) is 6.54 Å². The summed E-state index contributed by atoms with van der Waals surface area (Å²) in [6.07, 6.45) is 3.69. The lowest BCUT2D eigenvalue weighted by Crippen LogP contribution is -2.25. The van der Waals surface area contributed by atoms with Gasteiger partial charge in [0.2, 0.25) is 0 Å². The Labute approximate surface area is 139 Å². The number of nitrogens with zero attached hydrogens (tertiary/aromatic N) is 2. The molecule has 2 rings (SSSR count). The van der Waals surface area contributed by atoms with Crippen LogP contribution >= 0.6 is 27.5 Å². The first-order valence-corrected chi connectivity index (χ1v) is 8.24. The van der Waals surface area contributed by atoms with Gasteiger partial charge in [-0.1, -0.05) is 40.5 Å². The van der Waals surface area contributed by atoms with Gasteiger partial charge in [-0.2, -0.15) is 0 Å². The fraction of sp³-hybridized carbons (Fsp3) is 0.375. The SMILES string of the molecule is CCCNC(Cc1ccc(Br)cc1Cl)c1ccnc(C)n1. The number of halogens is 2. The van der Waals surface area contributed by atoms with Crippen molar-refractivity contribution in [3.05, 3.63) is 57.0 Å². The Morgan fingerprint density at radius 2 is 2.14 bits per heavy atom. The van der Waals surface area contributed by atoms with Gasteiger partial charge in [0, 0.05) is 15.7 Å². The van der Waals surface area contributed by atoms with Crippen molar-refractivity contribution in [2.45, 2.75) is 32.7 Å². The van der Waals surface area contributed by atoms with E-state index < -0.39 is 0 Å². The van der Waals surface area contributed by atoms with Gasteiger partial charge >= 0.3 is 0 Å². The molecular weight excluding hydrogens is 350 g/mol. The molecule has 1 atom stereocenters. The Balaban J connectivity index is 2.23. The highest BCUT2D eigenvalue weighted by molar-refractivity contribution is 9.10. The summed E-state index contributed by atoms with van der Waals surface area (Å²) < 4.78 is 0.993. The monoisotopic (exact) mass is 367 g/mol. The highest BCUT2D eigenvalue weighted by Gasteiger charge is 2.15. The number of nitrogens with one attached hydrogen (secondary N) is 1. The van der Waals surface area contributed by atoms with Crippen molar-refractivity contribution < 1.29 is 0 Å². The minimum Gasteiger partial charge on any atom is -0.308 e. The van der Waals surface area contributed by atoms with Gasteiger partial charge in [0.1, 0.15) is 5.82 Å². The van der Waals surface area contributed by atoms with Crippen LogP contribution in [-0.2, 0) is 6.42 Å². The van der Waals surface area contributed by atoms with Crippen molar-refractivity contribution in [1.29, 1.82) is 0 Å². The average molecular weight is 369 g/mol. The molecule has 5 heteroatoms. The smallest absolute Gasteiger partial charge is 0.125 e. The molecule has 0 aliphatic rings. The lowest BCUT2D eigenvalue weighted by molar-refractivity contribution is 0.515. The summed E-state index contributed by atoms with van der Waals surface area (Å²) >= 11 is 9.77. The summed E-state index contributed by atoms with van der Waals surface area (Å²) in [7, 11) is 0. The van der Waals surface area contributed by atoms with Crippen molar-refractivity contribution >= 4 is 27.5 Å². The summed E-state index contributed by atoms with van der Waals surface area (Å²) in [6.45, 7) is 5.01. The van der Waals surface area contributed by atoms with Gasteiger partial charge in [0.25, 0.3) is 0 Å². The highest BCUT2D eigenvalue weighted by atomic mass is 79.9. The van der Waals surface area contributed by atoms with Crippen molar-refractivity contribution in [3.8, 4) is 0 Å². The van der Waals surface area contributed by atoms with Crippen LogP contribution < -0.4 is 5.32 Å². The first-order valence-electron chi connectivity index (χ1n) is 7.07. The van der Waals surface area contributed by atoms with Crippen LogP contribution in [0.15, 0.2) is 34.9 Å². The number of benzene rings is 1. The number of aromatic nitrogens is 2. The molecular formula is C16H19BrClN3.